The molecular weight excluding hydrogens is 570 g/mol. The molecule has 0 aliphatic heterocycles. The van der Waals surface area contributed by atoms with Crippen molar-refractivity contribution in [3.8, 4) is 11.3 Å². The SMILES string of the molecule is Cn1cccc1C(c1cccn1C)=c1n2c3nccnc3c3cccc(c4cccc5c6nc(-c7ccncc7)cnc6n1c45)c32. The molecule has 9 nitrogen and oxygen atoms in total. The summed E-state index contributed by atoms with van der Waals surface area (Å²) >= 11 is 0. The van der Waals surface area contributed by atoms with Crippen LogP contribution in [0, 0.1) is 0 Å². The fourth-order valence-corrected chi connectivity index (χ4v) is 7.21. The number of rotatable bonds is 3. The highest BCUT2D eigenvalue weighted by Gasteiger charge is 2.25. The van der Waals surface area contributed by atoms with Gasteiger partial charge in [-0.1, -0.05) is 36.4 Å². The highest BCUT2D eigenvalue weighted by Crippen LogP contribution is 2.37. The zero-order valence-electron chi connectivity index (χ0n) is 25.0. The molecule has 0 saturated carbocycles. The highest BCUT2D eigenvalue weighted by atomic mass is 15.1. The van der Waals surface area contributed by atoms with Gasteiger partial charge in [0.1, 0.15) is 16.5 Å². The first kappa shape index (κ1) is 25.0. The Hall–Kier alpha value is -6.35. The molecule has 0 radical (unpaired) electrons. The second kappa shape index (κ2) is 9.09. The maximum atomic E-state index is 5.27. The lowest BCUT2D eigenvalue weighted by atomic mass is 10.1. The molecule has 8 aromatic heterocycles. The minimum absolute atomic E-state index is 0.767. The van der Waals surface area contributed by atoms with Crippen LogP contribution in [0.5, 0.6) is 0 Å². The number of aryl methyl sites for hydroxylation is 2. The van der Waals surface area contributed by atoms with E-state index >= 15 is 0 Å². The van der Waals surface area contributed by atoms with E-state index in [-0.39, 0.29) is 0 Å². The van der Waals surface area contributed by atoms with Crippen LogP contribution in [0.4, 0.5) is 0 Å². The maximum Gasteiger partial charge on any atom is 0.165 e. The fraction of sp³-hybridized carbons (Fsp3) is 0.0541. The number of nitrogens with zero attached hydrogens (tertiary/aromatic N) is 9. The number of aromatic nitrogens is 9. The summed E-state index contributed by atoms with van der Waals surface area (Å²) < 4.78 is 8.93. The summed E-state index contributed by atoms with van der Waals surface area (Å²) in [6.45, 7) is 0. The van der Waals surface area contributed by atoms with E-state index in [0.29, 0.717) is 0 Å². The Morgan fingerprint density at radius 2 is 1.15 bits per heavy atom. The molecule has 0 aliphatic rings. The third kappa shape index (κ3) is 3.20. The van der Waals surface area contributed by atoms with Crippen LogP contribution in [0.1, 0.15) is 11.4 Å². The van der Waals surface area contributed by atoms with Gasteiger partial charge in [0.15, 0.2) is 11.3 Å². The van der Waals surface area contributed by atoms with Gasteiger partial charge in [0.25, 0.3) is 0 Å². The van der Waals surface area contributed by atoms with Crippen LogP contribution >= 0.6 is 0 Å². The van der Waals surface area contributed by atoms with Gasteiger partial charge in [0.05, 0.1) is 39.9 Å². The van der Waals surface area contributed by atoms with Crippen LogP contribution in [-0.4, -0.2) is 42.9 Å². The van der Waals surface area contributed by atoms with Gasteiger partial charge in [-0.2, -0.15) is 0 Å². The quantitative estimate of drug-likeness (QED) is 0.247. The van der Waals surface area contributed by atoms with Gasteiger partial charge in [-0.15, -0.1) is 0 Å². The topological polar surface area (TPSA) is 83.1 Å². The van der Waals surface area contributed by atoms with Crippen molar-refractivity contribution in [2.24, 2.45) is 14.1 Å². The molecule has 0 N–H and O–H groups in total. The van der Waals surface area contributed by atoms with Crippen LogP contribution in [0.25, 0.3) is 71.7 Å². The van der Waals surface area contributed by atoms with Crippen molar-refractivity contribution in [2.75, 3.05) is 0 Å². The molecule has 46 heavy (non-hydrogen) atoms. The number of para-hydroxylation sites is 2. The number of pyridine rings is 1. The number of hydrogen-bond acceptors (Lipinski definition) is 5. The molecule has 0 fully saturated rings. The van der Waals surface area contributed by atoms with Gasteiger partial charge in [-0.05, 0) is 36.4 Å². The summed E-state index contributed by atoms with van der Waals surface area (Å²) in [4.78, 5) is 24.5. The zero-order chi connectivity index (χ0) is 30.5. The molecule has 0 atom stereocenters. The third-order valence-corrected chi connectivity index (χ3v) is 9.20. The van der Waals surface area contributed by atoms with E-state index in [1.807, 2.05) is 18.3 Å². The fourth-order valence-electron chi connectivity index (χ4n) is 7.21. The molecular formula is C37H25N9. The zero-order valence-corrected chi connectivity index (χ0v) is 25.0. The minimum atomic E-state index is 0.767. The Morgan fingerprint density at radius 3 is 1.78 bits per heavy atom. The van der Waals surface area contributed by atoms with Crippen LogP contribution in [0.3, 0.4) is 0 Å². The predicted molar refractivity (Wildman–Crippen MR) is 180 cm³/mol. The van der Waals surface area contributed by atoms with E-state index in [1.165, 1.54) is 0 Å². The van der Waals surface area contributed by atoms with E-state index in [1.54, 1.807) is 24.8 Å². The van der Waals surface area contributed by atoms with Gasteiger partial charge >= 0.3 is 0 Å². The largest absolute Gasteiger partial charge is 0.350 e. The van der Waals surface area contributed by atoms with Crippen LogP contribution in [-0.2, 0) is 14.1 Å². The average Bonchev–Trinajstić information content (AvgIpc) is 3.86. The average molecular weight is 596 g/mol. The van der Waals surface area contributed by atoms with E-state index in [2.05, 4.69) is 110 Å². The monoisotopic (exact) mass is 595 g/mol. The van der Waals surface area contributed by atoms with E-state index in [4.69, 9.17) is 19.9 Å². The molecule has 10 rings (SSSR count). The molecule has 0 spiro atoms. The van der Waals surface area contributed by atoms with Gasteiger partial charge < -0.3 is 9.13 Å². The van der Waals surface area contributed by atoms with E-state index in [0.717, 1.165) is 88.6 Å². The molecule has 10 aromatic rings. The minimum Gasteiger partial charge on any atom is -0.350 e. The molecule has 8 heterocycles. The highest BCUT2D eigenvalue weighted by molar-refractivity contribution is 6.22. The number of hydrogen-bond donors (Lipinski definition) is 0. The van der Waals surface area contributed by atoms with Gasteiger partial charge in [-0.25, -0.2) is 15.0 Å². The smallest absolute Gasteiger partial charge is 0.165 e. The molecule has 218 valence electrons. The Labute approximate surface area is 261 Å². The molecule has 0 aliphatic carbocycles. The van der Waals surface area contributed by atoms with Crippen molar-refractivity contribution in [2.45, 2.75) is 0 Å². The molecule has 0 amide bonds. The second-order valence-corrected chi connectivity index (χ2v) is 11.7. The maximum absolute atomic E-state index is 5.27. The Balaban J connectivity index is 1.61. The van der Waals surface area contributed by atoms with Crippen molar-refractivity contribution in [1.29, 1.82) is 0 Å². The van der Waals surface area contributed by atoms with Crippen molar-refractivity contribution >= 4 is 60.5 Å². The second-order valence-electron chi connectivity index (χ2n) is 11.7. The van der Waals surface area contributed by atoms with E-state index < -0.39 is 0 Å². The normalized spacial score (nSPS) is 12.1. The summed E-state index contributed by atoms with van der Waals surface area (Å²) in [6, 6.07) is 25.4. The van der Waals surface area contributed by atoms with Crippen LogP contribution in [0.2, 0.25) is 0 Å². The molecule has 0 bridgehead atoms. The number of benzene rings is 2. The summed E-state index contributed by atoms with van der Waals surface area (Å²) in [6.07, 6.45) is 13.2. The molecule has 0 unspecified atom stereocenters. The van der Waals surface area contributed by atoms with Crippen molar-refractivity contribution in [3.63, 3.8) is 0 Å². The van der Waals surface area contributed by atoms with Gasteiger partial charge in [-0.3, -0.25) is 18.8 Å². The van der Waals surface area contributed by atoms with Crippen molar-refractivity contribution in [3.05, 3.63) is 133 Å². The number of fused-ring (bicyclic) bond motifs is 7. The standard InChI is InChI=1S/C37H25N9/c1-43-19-5-11-28(43)30(29-12-6-20-44(29)2)37-45-33-23(7-3-9-25(33)31-35(45)40-18-17-39-31)24-8-4-10-26-32-36(46(37)34(24)26)41-21-27(42-32)22-13-15-38-16-14-22/h3-21H,1-2H3. The lowest BCUT2D eigenvalue weighted by Crippen LogP contribution is -2.26. The predicted octanol–water partition coefficient (Wildman–Crippen LogP) is 6.09. The molecule has 2 aromatic carbocycles. The van der Waals surface area contributed by atoms with Crippen molar-refractivity contribution < 1.29 is 0 Å². The Morgan fingerprint density at radius 1 is 0.565 bits per heavy atom. The first-order chi connectivity index (χ1) is 22.7. The van der Waals surface area contributed by atoms with Crippen LogP contribution in [0.15, 0.2) is 116 Å². The first-order valence-corrected chi connectivity index (χ1v) is 15.1. The van der Waals surface area contributed by atoms with Gasteiger partial charge in [0.2, 0.25) is 0 Å². The summed E-state index contributed by atoms with van der Waals surface area (Å²) in [5.41, 5.74) is 11.2. The lowest BCUT2D eigenvalue weighted by molar-refractivity contribution is 0.870. The summed E-state index contributed by atoms with van der Waals surface area (Å²) in [5.74, 6) is 0. The summed E-state index contributed by atoms with van der Waals surface area (Å²) in [5, 5.41) is 4.29. The van der Waals surface area contributed by atoms with Crippen LogP contribution < -0.4 is 5.48 Å². The molecule has 9 heteroatoms. The lowest BCUT2D eigenvalue weighted by Gasteiger charge is -2.13. The van der Waals surface area contributed by atoms with Crippen molar-refractivity contribution in [1.82, 2.24) is 42.9 Å². The Bertz CT molecular complexity index is 2840. The van der Waals surface area contributed by atoms with E-state index in [9.17, 15) is 0 Å². The van der Waals surface area contributed by atoms with Gasteiger partial charge in [0, 0.05) is 78.4 Å². The summed E-state index contributed by atoms with van der Waals surface area (Å²) in [7, 11) is 4.18. The third-order valence-electron chi connectivity index (χ3n) is 9.20. The molecule has 0 saturated heterocycles. The Kier molecular flexibility index (Phi) is 4.94. The first-order valence-electron chi connectivity index (χ1n) is 15.1.